The molecule has 3 nitrogen and oxygen atoms in total. The molecule has 0 unspecified atom stereocenters. The predicted octanol–water partition coefficient (Wildman–Crippen LogP) is 2.34. The van der Waals surface area contributed by atoms with Gasteiger partial charge in [0.15, 0.2) is 0 Å². The molecule has 0 bridgehead atoms. The quantitative estimate of drug-likeness (QED) is 0.392. The number of ether oxygens (including phenoxy) is 1. The molecule has 0 heterocycles. The molecule has 1 rings (SSSR count). The molecule has 1 N–H and O–H groups in total. The highest BCUT2D eigenvalue weighted by atomic mass is 79.9. The van der Waals surface area contributed by atoms with Crippen LogP contribution < -0.4 is 5.32 Å². The Bertz CT molecular complexity index is 445. The minimum absolute atomic E-state index is 0.341. The SMILES string of the molecule is C#CCNCC(=C)OC(=O)c1ccc(Br)cc1. The third-order valence-corrected chi connectivity index (χ3v) is 2.39. The maximum absolute atomic E-state index is 11.6. The van der Waals surface area contributed by atoms with E-state index in [0.717, 1.165) is 4.47 Å². The Morgan fingerprint density at radius 2 is 2.12 bits per heavy atom. The van der Waals surface area contributed by atoms with Crippen LogP contribution in [0.1, 0.15) is 10.4 Å². The zero-order chi connectivity index (χ0) is 12.7. The number of hydrogen-bond donors (Lipinski definition) is 1. The van der Waals surface area contributed by atoms with Gasteiger partial charge in [0, 0.05) is 4.47 Å². The first-order valence-corrected chi connectivity index (χ1v) is 5.72. The van der Waals surface area contributed by atoms with E-state index in [4.69, 9.17) is 11.2 Å². The van der Waals surface area contributed by atoms with Crippen LogP contribution in [0.5, 0.6) is 0 Å². The van der Waals surface area contributed by atoms with Gasteiger partial charge in [-0.25, -0.2) is 4.79 Å². The standard InChI is InChI=1S/C13H12BrNO2/c1-3-8-15-9-10(2)17-13(16)11-4-6-12(14)7-5-11/h1,4-7,15H,2,8-9H2. The number of halogens is 1. The van der Waals surface area contributed by atoms with E-state index in [9.17, 15) is 4.79 Å². The van der Waals surface area contributed by atoms with Crippen LogP contribution in [0.2, 0.25) is 0 Å². The highest BCUT2D eigenvalue weighted by Crippen LogP contribution is 2.12. The summed E-state index contributed by atoms with van der Waals surface area (Å²) in [7, 11) is 0. The van der Waals surface area contributed by atoms with E-state index in [1.165, 1.54) is 0 Å². The van der Waals surface area contributed by atoms with E-state index < -0.39 is 5.97 Å². The van der Waals surface area contributed by atoms with E-state index in [0.29, 0.717) is 24.4 Å². The van der Waals surface area contributed by atoms with E-state index in [-0.39, 0.29) is 0 Å². The second kappa shape index (κ2) is 6.89. The molecule has 0 radical (unpaired) electrons. The maximum Gasteiger partial charge on any atom is 0.343 e. The summed E-state index contributed by atoms with van der Waals surface area (Å²) in [6.07, 6.45) is 5.07. The van der Waals surface area contributed by atoms with Crippen LogP contribution in [0.3, 0.4) is 0 Å². The zero-order valence-electron chi connectivity index (χ0n) is 9.20. The molecule has 0 aliphatic rings. The van der Waals surface area contributed by atoms with Gasteiger partial charge in [-0.15, -0.1) is 6.42 Å². The first-order chi connectivity index (χ1) is 8.13. The fourth-order valence-corrected chi connectivity index (χ4v) is 1.35. The topological polar surface area (TPSA) is 38.3 Å². The normalized spacial score (nSPS) is 9.41. The van der Waals surface area contributed by atoms with Gasteiger partial charge in [-0.1, -0.05) is 28.4 Å². The Morgan fingerprint density at radius 1 is 1.47 bits per heavy atom. The van der Waals surface area contributed by atoms with Gasteiger partial charge < -0.3 is 4.74 Å². The summed E-state index contributed by atoms with van der Waals surface area (Å²) in [6.45, 7) is 4.39. The molecule has 1 aromatic rings. The first kappa shape index (κ1) is 13.5. The summed E-state index contributed by atoms with van der Waals surface area (Å²) in [5, 5.41) is 2.88. The second-order valence-corrected chi connectivity index (χ2v) is 4.16. The average molecular weight is 294 g/mol. The van der Waals surface area contributed by atoms with Crippen molar-refractivity contribution in [3.05, 3.63) is 46.6 Å². The first-order valence-electron chi connectivity index (χ1n) is 4.93. The second-order valence-electron chi connectivity index (χ2n) is 3.24. The molecule has 4 heteroatoms. The number of rotatable bonds is 5. The van der Waals surface area contributed by atoms with Crippen molar-refractivity contribution in [3.63, 3.8) is 0 Å². The predicted molar refractivity (Wildman–Crippen MR) is 70.4 cm³/mol. The summed E-state index contributed by atoms with van der Waals surface area (Å²) in [5.74, 6) is 2.33. The summed E-state index contributed by atoms with van der Waals surface area (Å²) >= 11 is 3.29. The van der Waals surface area contributed by atoms with Crippen molar-refractivity contribution in [3.8, 4) is 12.3 Å². The van der Waals surface area contributed by atoms with Crippen LogP contribution in [0.4, 0.5) is 0 Å². The lowest BCUT2D eigenvalue weighted by Crippen LogP contribution is -2.19. The summed E-state index contributed by atoms with van der Waals surface area (Å²) in [5.41, 5.74) is 0.478. The molecular weight excluding hydrogens is 282 g/mol. The number of benzene rings is 1. The molecule has 0 saturated carbocycles. The number of nitrogens with one attached hydrogen (secondary N) is 1. The smallest absolute Gasteiger partial charge is 0.343 e. The van der Waals surface area contributed by atoms with Crippen LogP contribution in [-0.2, 0) is 4.74 Å². The van der Waals surface area contributed by atoms with E-state index in [1.807, 2.05) is 0 Å². The van der Waals surface area contributed by atoms with Gasteiger partial charge in [-0.3, -0.25) is 5.32 Å². The van der Waals surface area contributed by atoms with Crippen molar-refractivity contribution in [2.24, 2.45) is 0 Å². The number of carbonyl (C=O) groups excluding carboxylic acids is 1. The van der Waals surface area contributed by atoms with E-state index in [1.54, 1.807) is 24.3 Å². The largest absolute Gasteiger partial charge is 0.427 e. The molecule has 0 amide bonds. The molecule has 0 aliphatic heterocycles. The minimum atomic E-state index is -0.426. The zero-order valence-corrected chi connectivity index (χ0v) is 10.8. The number of terminal acetylenes is 1. The summed E-state index contributed by atoms with van der Waals surface area (Å²) in [4.78, 5) is 11.6. The van der Waals surface area contributed by atoms with Gasteiger partial charge in [0.25, 0.3) is 0 Å². The van der Waals surface area contributed by atoms with Crippen LogP contribution in [0.25, 0.3) is 0 Å². The molecule has 0 spiro atoms. The Kier molecular flexibility index (Phi) is 5.47. The lowest BCUT2D eigenvalue weighted by Gasteiger charge is -2.07. The van der Waals surface area contributed by atoms with Crippen molar-refractivity contribution < 1.29 is 9.53 Å². The van der Waals surface area contributed by atoms with E-state index >= 15 is 0 Å². The van der Waals surface area contributed by atoms with E-state index in [2.05, 4.69) is 33.7 Å². The van der Waals surface area contributed by atoms with Crippen molar-refractivity contribution >= 4 is 21.9 Å². The van der Waals surface area contributed by atoms with Crippen LogP contribution in [0, 0.1) is 12.3 Å². The highest BCUT2D eigenvalue weighted by molar-refractivity contribution is 9.10. The number of esters is 1. The van der Waals surface area contributed by atoms with Crippen molar-refractivity contribution in [2.45, 2.75) is 0 Å². The van der Waals surface area contributed by atoms with Gasteiger partial charge in [-0.05, 0) is 24.3 Å². The average Bonchev–Trinajstić information content (AvgIpc) is 2.30. The van der Waals surface area contributed by atoms with Gasteiger partial charge in [0.2, 0.25) is 0 Å². The molecule has 1 aromatic carbocycles. The fraction of sp³-hybridized carbons (Fsp3) is 0.154. The molecule has 0 saturated heterocycles. The Morgan fingerprint density at radius 3 is 2.71 bits per heavy atom. The molecule has 88 valence electrons. The Hall–Kier alpha value is -1.57. The monoisotopic (exact) mass is 293 g/mol. The number of hydrogen-bond acceptors (Lipinski definition) is 3. The third-order valence-electron chi connectivity index (χ3n) is 1.87. The fourth-order valence-electron chi connectivity index (χ4n) is 1.09. The maximum atomic E-state index is 11.6. The molecule has 17 heavy (non-hydrogen) atoms. The number of carbonyl (C=O) groups is 1. The summed E-state index contributed by atoms with van der Waals surface area (Å²) < 4.78 is 5.95. The minimum Gasteiger partial charge on any atom is -0.427 e. The third kappa shape index (κ3) is 4.85. The summed E-state index contributed by atoms with van der Waals surface area (Å²) in [6, 6.07) is 6.90. The molecule has 0 atom stereocenters. The lowest BCUT2D eigenvalue weighted by atomic mass is 10.2. The highest BCUT2D eigenvalue weighted by Gasteiger charge is 2.08. The van der Waals surface area contributed by atoms with Gasteiger partial charge in [0.1, 0.15) is 5.76 Å². The van der Waals surface area contributed by atoms with Gasteiger partial charge in [-0.2, -0.15) is 0 Å². The van der Waals surface area contributed by atoms with Gasteiger partial charge >= 0.3 is 5.97 Å². The molecule has 0 fully saturated rings. The Labute approximate surface area is 109 Å². The lowest BCUT2D eigenvalue weighted by molar-refractivity contribution is 0.0620. The van der Waals surface area contributed by atoms with Crippen LogP contribution in [-0.4, -0.2) is 19.1 Å². The molecular formula is C13H12BrNO2. The van der Waals surface area contributed by atoms with Gasteiger partial charge in [0.05, 0.1) is 18.7 Å². The van der Waals surface area contributed by atoms with Crippen LogP contribution in [0.15, 0.2) is 41.1 Å². The molecule has 0 aliphatic carbocycles. The van der Waals surface area contributed by atoms with Crippen molar-refractivity contribution in [2.75, 3.05) is 13.1 Å². The Balaban J connectivity index is 2.47. The van der Waals surface area contributed by atoms with Crippen molar-refractivity contribution in [1.29, 1.82) is 0 Å². The van der Waals surface area contributed by atoms with Crippen LogP contribution >= 0.6 is 15.9 Å². The van der Waals surface area contributed by atoms with Crippen molar-refractivity contribution in [1.82, 2.24) is 5.32 Å². The molecule has 0 aromatic heterocycles.